The van der Waals surface area contributed by atoms with E-state index in [1.165, 1.54) is 0 Å². The quantitative estimate of drug-likeness (QED) is 0.708. The predicted molar refractivity (Wildman–Crippen MR) is 108 cm³/mol. The number of nitrogens with zero attached hydrogens (tertiary/aromatic N) is 5. The molecule has 2 aromatic heterocycles. The molecule has 7 nitrogen and oxygen atoms in total. The molecule has 1 aromatic carbocycles. The van der Waals surface area contributed by atoms with Gasteiger partial charge in [-0.2, -0.15) is 0 Å². The van der Waals surface area contributed by atoms with E-state index in [9.17, 15) is 9.50 Å². The van der Waals surface area contributed by atoms with Gasteiger partial charge in [0.25, 0.3) is 0 Å². The first-order valence-electron chi connectivity index (χ1n) is 9.87. The van der Waals surface area contributed by atoms with E-state index < -0.39 is 6.17 Å². The number of phenols is 1. The minimum atomic E-state index is -0.909. The Kier molecular flexibility index (Phi) is 4.43. The summed E-state index contributed by atoms with van der Waals surface area (Å²) in [5.41, 5.74) is 1.98. The average molecular weight is 394 g/mol. The van der Waals surface area contributed by atoms with Crippen LogP contribution in [-0.4, -0.2) is 56.7 Å². The average Bonchev–Trinajstić information content (AvgIpc) is 3.29. The number of nitrogens with one attached hydrogen (secondary N) is 1. The van der Waals surface area contributed by atoms with Crippen molar-refractivity contribution in [2.24, 2.45) is 5.92 Å². The Morgan fingerprint density at radius 3 is 2.72 bits per heavy atom. The summed E-state index contributed by atoms with van der Waals surface area (Å²) in [6, 6.07) is 8.77. The number of imidazole rings is 1. The van der Waals surface area contributed by atoms with Crippen LogP contribution in [0.3, 0.4) is 0 Å². The lowest BCUT2D eigenvalue weighted by molar-refractivity contribution is 0.0702. The molecule has 0 radical (unpaired) electrons. The van der Waals surface area contributed by atoms with Gasteiger partial charge in [0, 0.05) is 43.7 Å². The molecule has 0 spiro atoms. The van der Waals surface area contributed by atoms with Gasteiger partial charge in [-0.1, -0.05) is 0 Å². The van der Waals surface area contributed by atoms with E-state index in [1.807, 2.05) is 40.9 Å². The van der Waals surface area contributed by atoms with Gasteiger partial charge in [-0.05, 0) is 43.0 Å². The number of aromatic hydroxyl groups is 1. The molecule has 2 N–H and O–H groups in total. The normalized spacial score (nSPS) is 25.9. The van der Waals surface area contributed by atoms with Gasteiger partial charge in [0.15, 0.2) is 5.82 Å². The third kappa shape index (κ3) is 3.13. The van der Waals surface area contributed by atoms with Crippen LogP contribution in [0.2, 0.25) is 0 Å². The summed E-state index contributed by atoms with van der Waals surface area (Å²) in [5, 5.41) is 22.4. The van der Waals surface area contributed by atoms with E-state index >= 15 is 0 Å². The molecule has 150 valence electrons. The van der Waals surface area contributed by atoms with Crippen LogP contribution in [0.25, 0.3) is 16.9 Å². The summed E-state index contributed by atoms with van der Waals surface area (Å²) in [6.07, 6.45) is 6.19. The zero-order valence-corrected chi connectivity index (χ0v) is 16.1. The van der Waals surface area contributed by atoms with Crippen LogP contribution >= 0.6 is 0 Å². The molecule has 2 aliphatic heterocycles. The number of hydrogen-bond acceptors (Lipinski definition) is 6. The van der Waals surface area contributed by atoms with Crippen molar-refractivity contribution in [2.45, 2.75) is 31.1 Å². The number of halogens is 1. The monoisotopic (exact) mass is 394 g/mol. The molecule has 3 fully saturated rings. The fourth-order valence-corrected chi connectivity index (χ4v) is 4.61. The van der Waals surface area contributed by atoms with Crippen LogP contribution < -0.4 is 10.2 Å². The lowest BCUT2D eigenvalue weighted by atomic mass is 9.75. The van der Waals surface area contributed by atoms with Crippen LogP contribution in [0, 0.1) is 5.92 Å². The van der Waals surface area contributed by atoms with Crippen molar-refractivity contribution in [1.29, 1.82) is 0 Å². The molecular weight excluding hydrogens is 371 g/mol. The van der Waals surface area contributed by atoms with Crippen molar-refractivity contribution in [3.63, 3.8) is 0 Å². The van der Waals surface area contributed by atoms with Crippen molar-refractivity contribution >= 4 is 5.82 Å². The van der Waals surface area contributed by atoms with Crippen molar-refractivity contribution in [3.8, 4) is 22.7 Å². The molecule has 29 heavy (non-hydrogen) atoms. The SMILES string of the molecule is CN(c1ccc(-c2ccc(-n3ccnc3)cc2O)nn1)[C@@H]1[C@H]2CC[C@H](NC2)[C@@H]1F. The molecule has 3 aliphatic rings. The number of anilines is 1. The molecule has 6 rings (SSSR count). The molecule has 8 heteroatoms. The first kappa shape index (κ1) is 18.1. The number of benzene rings is 1. The number of hydrogen-bond donors (Lipinski definition) is 2. The van der Waals surface area contributed by atoms with Crippen molar-refractivity contribution in [2.75, 3.05) is 18.5 Å². The zero-order chi connectivity index (χ0) is 20.0. The Balaban J connectivity index is 1.38. The van der Waals surface area contributed by atoms with E-state index in [4.69, 9.17) is 0 Å². The van der Waals surface area contributed by atoms with Crippen molar-refractivity contribution < 1.29 is 9.50 Å². The molecule has 4 heterocycles. The minimum Gasteiger partial charge on any atom is -0.507 e. The van der Waals surface area contributed by atoms with Crippen LogP contribution in [0.4, 0.5) is 10.2 Å². The second-order valence-electron chi connectivity index (χ2n) is 7.85. The molecule has 3 aromatic rings. The Morgan fingerprint density at radius 2 is 2.10 bits per heavy atom. The first-order valence-corrected chi connectivity index (χ1v) is 9.87. The highest BCUT2D eigenvalue weighted by Crippen LogP contribution is 2.36. The number of aromatic nitrogens is 4. The lowest BCUT2D eigenvalue weighted by Gasteiger charge is -2.49. The first-order chi connectivity index (χ1) is 14.1. The Labute approximate surface area is 168 Å². The van der Waals surface area contributed by atoms with E-state index in [0.717, 1.165) is 25.1 Å². The van der Waals surface area contributed by atoms with Crippen LogP contribution in [0.5, 0.6) is 5.75 Å². The topological polar surface area (TPSA) is 79.1 Å². The number of fused-ring (bicyclic) bond motifs is 3. The number of phenolic OH excluding ortho intramolecular Hbond substituents is 1. The number of piperidine rings is 2. The molecular formula is C21H23FN6O. The summed E-state index contributed by atoms with van der Waals surface area (Å²) in [5.74, 6) is 1.04. The van der Waals surface area contributed by atoms with E-state index in [2.05, 4.69) is 20.5 Å². The van der Waals surface area contributed by atoms with E-state index in [1.54, 1.807) is 24.7 Å². The summed E-state index contributed by atoms with van der Waals surface area (Å²) < 4.78 is 16.7. The molecule has 4 atom stereocenters. The number of rotatable bonds is 4. The maximum Gasteiger partial charge on any atom is 0.151 e. The van der Waals surface area contributed by atoms with Gasteiger partial charge in [0.05, 0.1) is 23.8 Å². The van der Waals surface area contributed by atoms with Crippen LogP contribution in [0.15, 0.2) is 49.1 Å². The third-order valence-corrected chi connectivity index (χ3v) is 6.20. The van der Waals surface area contributed by atoms with Crippen LogP contribution in [0.1, 0.15) is 12.8 Å². The largest absolute Gasteiger partial charge is 0.507 e. The van der Waals surface area contributed by atoms with Crippen molar-refractivity contribution in [1.82, 2.24) is 25.1 Å². The molecule has 0 amide bonds. The summed E-state index contributed by atoms with van der Waals surface area (Å²) in [7, 11) is 1.89. The highest BCUT2D eigenvalue weighted by Gasteiger charge is 2.46. The molecule has 1 aliphatic carbocycles. The van der Waals surface area contributed by atoms with Gasteiger partial charge in [0.2, 0.25) is 0 Å². The summed E-state index contributed by atoms with van der Waals surface area (Å²) in [6.45, 7) is 0.850. The number of alkyl halides is 1. The Hall–Kier alpha value is -3.00. The van der Waals surface area contributed by atoms with Gasteiger partial charge in [-0.25, -0.2) is 9.37 Å². The molecule has 1 saturated carbocycles. The minimum absolute atomic E-state index is 0.0642. The second-order valence-corrected chi connectivity index (χ2v) is 7.85. The van der Waals surface area contributed by atoms with Gasteiger partial charge >= 0.3 is 0 Å². The predicted octanol–water partition coefficient (Wildman–Crippen LogP) is 2.56. The van der Waals surface area contributed by atoms with Gasteiger partial charge in [-0.3, -0.25) is 0 Å². The van der Waals surface area contributed by atoms with E-state index in [0.29, 0.717) is 17.1 Å². The standard InChI is InChI=1S/C21H23FN6O/c1-27(21-13-2-5-17(20(21)22)24-11-13)19-7-6-16(25-26-19)15-4-3-14(10-18(15)29)28-9-8-23-12-28/h3-4,6-10,12-13,17,20-21,24,29H,2,5,11H2,1H3/t13-,17-,20-,21+/m0/s1. The summed E-state index contributed by atoms with van der Waals surface area (Å²) >= 11 is 0. The maximum absolute atomic E-state index is 14.8. The highest BCUT2D eigenvalue weighted by molar-refractivity contribution is 5.69. The van der Waals surface area contributed by atoms with Gasteiger partial charge in [0.1, 0.15) is 11.9 Å². The zero-order valence-electron chi connectivity index (χ0n) is 16.1. The molecule has 0 unspecified atom stereocenters. The Bertz CT molecular complexity index is 983. The fraction of sp³-hybridized carbons (Fsp3) is 0.381. The second kappa shape index (κ2) is 7.11. The fourth-order valence-electron chi connectivity index (χ4n) is 4.61. The molecule has 2 bridgehead atoms. The Morgan fingerprint density at radius 1 is 1.21 bits per heavy atom. The van der Waals surface area contributed by atoms with Gasteiger partial charge < -0.3 is 19.9 Å². The molecule has 2 saturated heterocycles. The van der Waals surface area contributed by atoms with Gasteiger partial charge in [-0.15, -0.1) is 10.2 Å². The maximum atomic E-state index is 14.8. The lowest BCUT2D eigenvalue weighted by Crippen LogP contribution is -2.64. The third-order valence-electron chi connectivity index (χ3n) is 6.20. The van der Waals surface area contributed by atoms with Crippen molar-refractivity contribution in [3.05, 3.63) is 49.1 Å². The highest BCUT2D eigenvalue weighted by atomic mass is 19.1. The van der Waals surface area contributed by atoms with Crippen LogP contribution in [-0.2, 0) is 0 Å². The summed E-state index contributed by atoms with van der Waals surface area (Å²) in [4.78, 5) is 5.93. The smallest absolute Gasteiger partial charge is 0.151 e. The van der Waals surface area contributed by atoms with E-state index in [-0.39, 0.29) is 23.8 Å².